The van der Waals surface area contributed by atoms with E-state index in [9.17, 15) is 18.3 Å². The fourth-order valence-electron chi connectivity index (χ4n) is 4.06. The van der Waals surface area contributed by atoms with E-state index in [-0.39, 0.29) is 11.5 Å². The van der Waals surface area contributed by atoms with E-state index in [2.05, 4.69) is 9.64 Å². The Morgan fingerprint density at radius 3 is 2.38 bits per heavy atom. The van der Waals surface area contributed by atoms with Gasteiger partial charge in [0.05, 0.1) is 11.4 Å². The molecule has 166 valence electrons. The lowest BCUT2D eigenvalue weighted by atomic mass is 9.98. The molecule has 1 aliphatic carbocycles. The molecule has 2 heterocycles. The van der Waals surface area contributed by atoms with E-state index in [1.165, 1.54) is 12.1 Å². The maximum atomic E-state index is 12.4. The van der Waals surface area contributed by atoms with Gasteiger partial charge in [0.25, 0.3) is 0 Å². The van der Waals surface area contributed by atoms with Gasteiger partial charge in [-0.1, -0.05) is 12.1 Å². The molecule has 0 spiro atoms. The van der Waals surface area contributed by atoms with Gasteiger partial charge in [-0.15, -0.1) is 13.2 Å². The van der Waals surface area contributed by atoms with Crippen molar-refractivity contribution in [3.05, 3.63) is 71.2 Å². The molecule has 8 heteroatoms. The van der Waals surface area contributed by atoms with E-state index < -0.39 is 6.36 Å². The SMILES string of the molecule is Oc1ccc(-c2nc(C3CC3)nc3c2CN(Cc2ccc(OC(F)(F)F)cc2)CC3)cc1. The van der Waals surface area contributed by atoms with Crippen molar-refractivity contribution in [2.24, 2.45) is 0 Å². The van der Waals surface area contributed by atoms with Gasteiger partial charge >= 0.3 is 6.36 Å². The lowest BCUT2D eigenvalue weighted by Gasteiger charge is -2.30. The summed E-state index contributed by atoms with van der Waals surface area (Å²) in [4.78, 5) is 12.0. The van der Waals surface area contributed by atoms with E-state index in [1.54, 1.807) is 24.3 Å². The van der Waals surface area contributed by atoms with Crippen molar-refractivity contribution in [3.63, 3.8) is 0 Å². The van der Waals surface area contributed by atoms with Crippen LogP contribution in [0.25, 0.3) is 11.3 Å². The first-order valence-corrected chi connectivity index (χ1v) is 10.6. The molecule has 1 fully saturated rings. The number of benzene rings is 2. The number of aromatic nitrogens is 2. The van der Waals surface area contributed by atoms with Crippen LogP contribution in [0.1, 0.15) is 41.4 Å². The van der Waals surface area contributed by atoms with Crippen LogP contribution in [0.2, 0.25) is 0 Å². The predicted molar refractivity (Wildman–Crippen MR) is 112 cm³/mol. The maximum Gasteiger partial charge on any atom is 0.573 e. The summed E-state index contributed by atoms with van der Waals surface area (Å²) < 4.78 is 41.1. The molecular weight excluding hydrogens is 419 g/mol. The van der Waals surface area contributed by atoms with Crippen LogP contribution >= 0.6 is 0 Å². The molecule has 5 nitrogen and oxygen atoms in total. The Labute approximate surface area is 183 Å². The van der Waals surface area contributed by atoms with Crippen molar-refractivity contribution in [1.82, 2.24) is 14.9 Å². The molecule has 0 atom stereocenters. The topological polar surface area (TPSA) is 58.5 Å². The van der Waals surface area contributed by atoms with Gasteiger partial charge in [-0.25, -0.2) is 9.97 Å². The average Bonchev–Trinajstić information content (AvgIpc) is 3.60. The standard InChI is InChI=1S/C24H22F3N3O2/c25-24(26,27)32-19-9-1-15(2-10-19)13-30-12-11-21-20(14-30)22(16-5-7-18(31)8-6-16)29-23(28-21)17-3-4-17/h1-2,5-10,17,31H,3-4,11-14H2. The summed E-state index contributed by atoms with van der Waals surface area (Å²) >= 11 is 0. The number of rotatable bonds is 5. The molecule has 5 rings (SSSR count). The number of nitrogens with zero attached hydrogens (tertiary/aromatic N) is 3. The van der Waals surface area contributed by atoms with E-state index >= 15 is 0 Å². The zero-order chi connectivity index (χ0) is 22.3. The highest BCUT2D eigenvalue weighted by Gasteiger charge is 2.32. The predicted octanol–water partition coefficient (Wildman–Crippen LogP) is 5.18. The summed E-state index contributed by atoms with van der Waals surface area (Å²) in [7, 11) is 0. The van der Waals surface area contributed by atoms with Crippen molar-refractivity contribution in [1.29, 1.82) is 0 Å². The third-order valence-corrected chi connectivity index (χ3v) is 5.80. The van der Waals surface area contributed by atoms with E-state index in [4.69, 9.17) is 9.97 Å². The van der Waals surface area contributed by atoms with Crippen LogP contribution in [-0.2, 0) is 19.5 Å². The van der Waals surface area contributed by atoms with Gasteiger partial charge in [-0.3, -0.25) is 4.90 Å². The molecule has 1 N–H and O–H groups in total. The van der Waals surface area contributed by atoms with Crippen LogP contribution in [0.5, 0.6) is 11.5 Å². The second-order valence-electron chi connectivity index (χ2n) is 8.33. The van der Waals surface area contributed by atoms with Gasteiger partial charge in [0.1, 0.15) is 17.3 Å². The minimum atomic E-state index is -4.69. The van der Waals surface area contributed by atoms with Gasteiger partial charge in [0.2, 0.25) is 0 Å². The number of phenolic OH excluding ortho intramolecular Hbond substituents is 1. The first kappa shape index (κ1) is 20.8. The zero-order valence-electron chi connectivity index (χ0n) is 17.3. The fraction of sp³-hybridized carbons (Fsp3) is 0.333. The molecule has 0 radical (unpaired) electrons. The lowest BCUT2D eigenvalue weighted by molar-refractivity contribution is -0.274. The molecule has 0 saturated heterocycles. The first-order chi connectivity index (χ1) is 15.3. The summed E-state index contributed by atoms with van der Waals surface area (Å²) in [5.74, 6) is 1.33. The Balaban J connectivity index is 1.38. The van der Waals surface area contributed by atoms with Crippen LogP contribution < -0.4 is 4.74 Å². The van der Waals surface area contributed by atoms with Gasteiger partial charge in [-0.05, 0) is 54.8 Å². The van der Waals surface area contributed by atoms with E-state index in [0.29, 0.717) is 19.0 Å². The molecule has 0 unspecified atom stereocenters. The molecule has 1 aromatic heterocycles. The summed E-state index contributed by atoms with van der Waals surface area (Å²) in [5.41, 5.74) is 4.89. The summed E-state index contributed by atoms with van der Waals surface area (Å²) in [6.45, 7) is 2.06. The van der Waals surface area contributed by atoms with Gasteiger partial charge in [0, 0.05) is 43.1 Å². The highest BCUT2D eigenvalue weighted by molar-refractivity contribution is 5.65. The lowest BCUT2D eigenvalue weighted by Crippen LogP contribution is -2.31. The third-order valence-electron chi connectivity index (χ3n) is 5.80. The molecule has 3 aromatic rings. The second-order valence-corrected chi connectivity index (χ2v) is 8.33. The Bertz CT molecular complexity index is 1110. The maximum absolute atomic E-state index is 12.4. The van der Waals surface area contributed by atoms with Crippen LogP contribution in [-0.4, -0.2) is 32.9 Å². The minimum Gasteiger partial charge on any atom is -0.508 e. The normalized spacial score (nSPS) is 16.6. The molecule has 32 heavy (non-hydrogen) atoms. The second kappa shape index (κ2) is 8.09. The zero-order valence-corrected chi connectivity index (χ0v) is 17.3. The molecule has 2 aliphatic rings. The largest absolute Gasteiger partial charge is 0.573 e. The molecular formula is C24H22F3N3O2. The van der Waals surface area contributed by atoms with Crippen molar-refractivity contribution >= 4 is 0 Å². The van der Waals surface area contributed by atoms with Crippen LogP contribution in [0.3, 0.4) is 0 Å². The molecule has 1 aliphatic heterocycles. The number of hydrogen-bond acceptors (Lipinski definition) is 5. The quantitative estimate of drug-likeness (QED) is 0.591. The van der Waals surface area contributed by atoms with Crippen molar-refractivity contribution in [2.75, 3.05) is 6.54 Å². The number of ether oxygens (including phenoxy) is 1. The summed E-state index contributed by atoms with van der Waals surface area (Å²) in [5, 5.41) is 9.67. The smallest absolute Gasteiger partial charge is 0.508 e. The highest BCUT2D eigenvalue weighted by atomic mass is 19.4. The first-order valence-electron chi connectivity index (χ1n) is 10.6. The van der Waals surface area contributed by atoms with Crippen molar-refractivity contribution in [3.8, 4) is 22.8 Å². The van der Waals surface area contributed by atoms with E-state index in [1.807, 2.05) is 12.1 Å². The number of aromatic hydroxyl groups is 1. The van der Waals surface area contributed by atoms with Crippen LogP contribution in [0.15, 0.2) is 48.5 Å². The Morgan fingerprint density at radius 2 is 1.72 bits per heavy atom. The molecule has 0 amide bonds. The van der Waals surface area contributed by atoms with Crippen molar-refractivity contribution < 1.29 is 23.0 Å². The summed E-state index contributed by atoms with van der Waals surface area (Å²) in [6.07, 6.45) is -1.66. The Kier molecular flexibility index (Phi) is 5.25. The number of fused-ring (bicyclic) bond motifs is 1. The van der Waals surface area contributed by atoms with Crippen LogP contribution in [0.4, 0.5) is 13.2 Å². The number of phenols is 1. The highest BCUT2D eigenvalue weighted by Crippen LogP contribution is 2.40. The number of halogens is 3. The average molecular weight is 441 g/mol. The monoisotopic (exact) mass is 441 g/mol. The molecule has 2 aromatic carbocycles. The Hall–Kier alpha value is -3.13. The van der Waals surface area contributed by atoms with Crippen LogP contribution in [0, 0.1) is 0 Å². The van der Waals surface area contributed by atoms with Gasteiger partial charge in [-0.2, -0.15) is 0 Å². The third kappa shape index (κ3) is 4.70. The number of hydrogen-bond donors (Lipinski definition) is 1. The van der Waals surface area contributed by atoms with Gasteiger partial charge < -0.3 is 9.84 Å². The molecule has 0 bridgehead atoms. The molecule has 1 saturated carbocycles. The summed E-state index contributed by atoms with van der Waals surface area (Å²) in [6, 6.07) is 13.0. The van der Waals surface area contributed by atoms with Crippen molar-refractivity contribution in [2.45, 2.75) is 44.6 Å². The minimum absolute atomic E-state index is 0.207. The van der Waals surface area contributed by atoms with Gasteiger partial charge in [0.15, 0.2) is 0 Å². The Morgan fingerprint density at radius 1 is 1.00 bits per heavy atom. The number of alkyl halides is 3. The van der Waals surface area contributed by atoms with E-state index in [0.717, 1.165) is 59.7 Å². The fourth-order valence-corrected chi connectivity index (χ4v) is 4.06.